The molecule has 0 aromatic heterocycles. The van der Waals surface area contributed by atoms with Gasteiger partial charge in [0.25, 0.3) is 0 Å². The van der Waals surface area contributed by atoms with E-state index in [9.17, 15) is 4.39 Å². The van der Waals surface area contributed by atoms with Crippen molar-refractivity contribution in [2.75, 3.05) is 13.6 Å². The maximum absolute atomic E-state index is 12.9. The van der Waals surface area contributed by atoms with Gasteiger partial charge in [-0.25, -0.2) is 4.39 Å². The van der Waals surface area contributed by atoms with Crippen molar-refractivity contribution >= 4 is 0 Å². The number of nitrogens with zero attached hydrogens (tertiary/aromatic N) is 1. The number of hydrogen-bond donors (Lipinski definition) is 0. The summed E-state index contributed by atoms with van der Waals surface area (Å²) in [4.78, 5) is 2.29. The summed E-state index contributed by atoms with van der Waals surface area (Å²) in [5.74, 6) is -0.115. The summed E-state index contributed by atoms with van der Waals surface area (Å²) in [5, 5.41) is 0. The Bertz CT molecular complexity index is 322. The zero-order chi connectivity index (χ0) is 9.42. The SMILES string of the molecule is CC1c2ccc(F)cc2CCN1C. The standard InChI is InChI=1S/C11H14FN/c1-8-11-4-3-10(12)7-9(11)5-6-13(8)2/h3-4,7-8H,5-6H2,1-2H3. The van der Waals surface area contributed by atoms with Crippen molar-refractivity contribution < 1.29 is 4.39 Å². The lowest BCUT2D eigenvalue weighted by atomic mass is 9.94. The molecule has 1 atom stereocenters. The Morgan fingerprint density at radius 2 is 2.23 bits per heavy atom. The van der Waals surface area contributed by atoms with Crippen LogP contribution in [0.5, 0.6) is 0 Å². The number of halogens is 1. The highest BCUT2D eigenvalue weighted by Crippen LogP contribution is 2.28. The van der Waals surface area contributed by atoms with E-state index in [-0.39, 0.29) is 5.82 Å². The predicted molar refractivity (Wildman–Crippen MR) is 51.1 cm³/mol. The average Bonchev–Trinajstić information content (AvgIpc) is 2.12. The highest BCUT2D eigenvalue weighted by Gasteiger charge is 2.20. The van der Waals surface area contributed by atoms with Gasteiger partial charge in [0, 0.05) is 12.6 Å². The van der Waals surface area contributed by atoms with Crippen molar-refractivity contribution in [1.29, 1.82) is 0 Å². The second-order valence-corrected chi connectivity index (χ2v) is 3.75. The van der Waals surface area contributed by atoms with Gasteiger partial charge in [-0.15, -0.1) is 0 Å². The molecular formula is C11H14FN. The van der Waals surface area contributed by atoms with E-state index >= 15 is 0 Å². The van der Waals surface area contributed by atoms with Gasteiger partial charge in [0.05, 0.1) is 0 Å². The van der Waals surface area contributed by atoms with E-state index in [0.717, 1.165) is 13.0 Å². The lowest BCUT2D eigenvalue weighted by Gasteiger charge is -2.31. The lowest BCUT2D eigenvalue weighted by molar-refractivity contribution is 0.247. The summed E-state index contributed by atoms with van der Waals surface area (Å²) in [7, 11) is 2.11. The van der Waals surface area contributed by atoms with Crippen molar-refractivity contribution in [1.82, 2.24) is 4.90 Å². The number of fused-ring (bicyclic) bond motifs is 1. The summed E-state index contributed by atoms with van der Waals surface area (Å²) >= 11 is 0. The molecule has 0 saturated carbocycles. The van der Waals surface area contributed by atoms with Gasteiger partial charge in [-0.2, -0.15) is 0 Å². The largest absolute Gasteiger partial charge is 0.299 e. The molecule has 1 aromatic carbocycles. The van der Waals surface area contributed by atoms with Crippen molar-refractivity contribution in [3.63, 3.8) is 0 Å². The molecule has 0 amide bonds. The third-order valence-electron chi connectivity index (χ3n) is 2.95. The summed E-state index contributed by atoms with van der Waals surface area (Å²) in [6.45, 7) is 3.19. The van der Waals surface area contributed by atoms with Gasteiger partial charge in [0.1, 0.15) is 5.82 Å². The van der Waals surface area contributed by atoms with Crippen LogP contribution >= 0.6 is 0 Å². The molecule has 70 valence electrons. The molecule has 2 heteroatoms. The fraction of sp³-hybridized carbons (Fsp3) is 0.455. The van der Waals surface area contributed by atoms with Crippen LogP contribution in [0.1, 0.15) is 24.1 Å². The molecule has 1 aliphatic rings. The molecule has 0 radical (unpaired) electrons. The van der Waals surface area contributed by atoms with E-state index in [2.05, 4.69) is 18.9 Å². The van der Waals surface area contributed by atoms with Crippen molar-refractivity contribution in [3.05, 3.63) is 35.1 Å². The summed E-state index contributed by atoms with van der Waals surface area (Å²) in [5.41, 5.74) is 2.45. The zero-order valence-electron chi connectivity index (χ0n) is 8.05. The normalized spacial score (nSPS) is 22.8. The monoisotopic (exact) mass is 179 g/mol. The molecular weight excluding hydrogens is 165 g/mol. The second-order valence-electron chi connectivity index (χ2n) is 3.75. The second kappa shape index (κ2) is 3.11. The Balaban J connectivity index is 2.44. The molecule has 13 heavy (non-hydrogen) atoms. The molecule has 1 unspecified atom stereocenters. The van der Waals surface area contributed by atoms with Crippen LogP contribution in [-0.4, -0.2) is 18.5 Å². The Morgan fingerprint density at radius 3 is 3.00 bits per heavy atom. The van der Waals surface area contributed by atoms with E-state index in [1.807, 2.05) is 6.07 Å². The minimum atomic E-state index is -0.115. The molecule has 0 fully saturated rings. The van der Waals surface area contributed by atoms with Crippen LogP contribution in [-0.2, 0) is 6.42 Å². The maximum atomic E-state index is 12.9. The van der Waals surface area contributed by atoms with Crippen LogP contribution in [0.15, 0.2) is 18.2 Å². The Labute approximate surface area is 78.2 Å². The molecule has 0 bridgehead atoms. The summed E-state index contributed by atoms with van der Waals surface area (Å²) in [6.07, 6.45) is 0.966. The van der Waals surface area contributed by atoms with Crippen LogP contribution < -0.4 is 0 Å². The van der Waals surface area contributed by atoms with E-state index < -0.39 is 0 Å². The lowest BCUT2D eigenvalue weighted by Crippen LogP contribution is -2.30. The Morgan fingerprint density at radius 1 is 1.46 bits per heavy atom. The Hall–Kier alpha value is -0.890. The predicted octanol–water partition coefficient (Wildman–Crippen LogP) is 2.37. The van der Waals surface area contributed by atoms with Gasteiger partial charge in [0.2, 0.25) is 0 Å². The molecule has 0 saturated heterocycles. The van der Waals surface area contributed by atoms with Gasteiger partial charge in [-0.3, -0.25) is 4.90 Å². The van der Waals surface area contributed by atoms with Gasteiger partial charge < -0.3 is 0 Å². The topological polar surface area (TPSA) is 3.24 Å². The first kappa shape index (κ1) is 8.70. The molecule has 1 aliphatic heterocycles. The van der Waals surface area contributed by atoms with Gasteiger partial charge in [0.15, 0.2) is 0 Å². The maximum Gasteiger partial charge on any atom is 0.123 e. The summed E-state index contributed by atoms with van der Waals surface area (Å²) in [6, 6.07) is 5.54. The summed E-state index contributed by atoms with van der Waals surface area (Å²) < 4.78 is 12.9. The van der Waals surface area contributed by atoms with Gasteiger partial charge in [-0.05, 0) is 43.7 Å². The van der Waals surface area contributed by atoms with Crippen molar-refractivity contribution in [3.8, 4) is 0 Å². The number of likely N-dealkylation sites (N-methyl/N-ethyl adjacent to an activating group) is 1. The molecule has 1 aromatic rings. The van der Waals surface area contributed by atoms with Gasteiger partial charge >= 0.3 is 0 Å². The first-order valence-electron chi connectivity index (χ1n) is 4.67. The molecule has 0 aliphatic carbocycles. The number of benzene rings is 1. The van der Waals surface area contributed by atoms with Crippen molar-refractivity contribution in [2.45, 2.75) is 19.4 Å². The highest BCUT2D eigenvalue weighted by atomic mass is 19.1. The van der Waals surface area contributed by atoms with E-state index in [0.29, 0.717) is 6.04 Å². The third-order valence-corrected chi connectivity index (χ3v) is 2.95. The Kier molecular flexibility index (Phi) is 2.08. The van der Waals surface area contributed by atoms with E-state index in [1.54, 1.807) is 12.1 Å². The quantitative estimate of drug-likeness (QED) is 0.591. The molecule has 1 nitrogen and oxygen atoms in total. The van der Waals surface area contributed by atoms with Crippen LogP contribution in [0, 0.1) is 5.82 Å². The van der Waals surface area contributed by atoms with Gasteiger partial charge in [-0.1, -0.05) is 6.07 Å². The van der Waals surface area contributed by atoms with E-state index in [1.165, 1.54) is 11.1 Å². The van der Waals surface area contributed by atoms with Crippen molar-refractivity contribution in [2.24, 2.45) is 0 Å². The fourth-order valence-electron chi connectivity index (χ4n) is 1.93. The fourth-order valence-corrected chi connectivity index (χ4v) is 1.93. The minimum Gasteiger partial charge on any atom is -0.299 e. The third kappa shape index (κ3) is 1.46. The van der Waals surface area contributed by atoms with Crippen LogP contribution in [0.3, 0.4) is 0 Å². The van der Waals surface area contributed by atoms with E-state index in [4.69, 9.17) is 0 Å². The molecule has 1 heterocycles. The first-order valence-corrected chi connectivity index (χ1v) is 4.67. The highest BCUT2D eigenvalue weighted by molar-refractivity contribution is 5.32. The smallest absolute Gasteiger partial charge is 0.123 e. The van der Waals surface area contributed by atoms with Crippen LogP contribution in [0.2, 0.25) is 0 Å². The van der Waals surface area contributed by atoms with Crippen LogP contribution in [0.4, 0.5) is 4.39 Å². The number of hydrogen-bond acceptors (Lipinski definition) is 1. The molecule has 2 rings (SSSR count). The molecule has 0 N–H and O–H groups in total. The molecule has 0 spiro atoms. The average molecular weight is 179 g/mol. The first-order chi connectivity index (χ1) is 6.18. The van der Waals surface area contributed by atoms with Crippen LogP contribution in [0.25, 0.3) is 0 Å². The zero-order valence-corrected chi connectivity index (χ0v) is 8.05. The minimum absolute atomic E-state index is 0.115. The number of rotatable bonds is 0.